The molecular weight excluding hydrogens is 470 g/mol. The Morgan fingerprint density at radius 3 is 1.69 bits per heavy atom. The van der Waals surface area contributed by atoms with Crippen molar-refractivity contribution in [2.75, 3.05) is 6.26 Å². The first-order chi connectivity index (χ1) is 10.8. The molecule has 0 aliphatic rings. The number of halogens is 6. The summed E-state index contributed by atoms with van der Waals surface area (Å²) in [6, 6.07) is 0.0702. The van der Waals surface area contributed by atoms with E-state index in [9.17, 15) is 51.8 Å². The predicted octanol–water partition coefficient (Wildman–Crippen LogP) is -1.61. The van der Waals surface area contributed by atoms with Crippen LogP contribution >= 0.6 is 11.6 Å². The minimum atomic E-state index is -7.18. The minimum absolute atomic E-state index is 0. The monoisotopic (exact) mass is 474 g/mol. The van der Waals surface area contributed by atoms with Gasteiger partial charge in [0.2, 0.25) is 0 Å². The van der Waals surface area contributed by atoms with E-state index < -0.39 is 60.9 Å². The average molecular weight is 475 g/mol. The average Bonchev–Trinajstić information content (AvgIpc) is 2.34. The quantitative estimate of drug-likeness (QED) is 0.285. The van der Waals surface area contributed by atoms with Crippen molar-refractivity contribution in [2.45, 2.75) is 20.3 Å². The van der Waals surface area contributed by atoms with E-state index in [1.807, 2.05) is 0 Å². The fourth-order valence-electron chi connectivity index (χ4n) is 1.44. The third-order valence-corrected chi connectivity index (χ3v) is 7.06. The van der Waals surface area contributed by atoms with Gasteiger partial charge in [-0.2, -0.15) is 17.6 Å². The molecule has 17 heteroatoms. The Morgan fingerprint density at radius 2 is 1.38 bits per heavy atom. The number of hydrogen-bond donors (Lipinski definition) is 0. The number of benzene rings is 1. The standard InChI is InChI=1S/C9H6ClF5O7S3.Na/c1-23(16,17)4-2-5(10)7(6(11)3-4)24(18,19)8(12,13)9(14,15)25(20,21)22;/h2-3H,1H3,(H,20,21,22);/q;+1/p-1. The van der Waals surface area contributed by atoms with Crippen LogP contribution in [0.1, 0.15) is 0 Å². The van der Waals surface area contributed by atoms with E-state index >= 15 is 0 Å². The van der Waals surface area contributed by atoms with Crippen LogP contribution in [0.2, 0.25) is 5.02 Å². The molecule has 26 heavy (non-hydrogen) atoms. The maximum Gasteiger partial charge on any atom is 1.00 e. The van der Waals surface area contributed by atoms with Gasteiger partial charge in [-0.1, -0.05) is 11.6 Å². The summed E-state index contributed by atoms with van der Waals surface area (Å²) >= 11 is 5.21. The van der Waals surface area contributed by atoms with Crippen molar-refractivity contribution in [3.05, 3.63) is 23.0 Å². The van der Waals surface area contributed by atoms with Crippen LogP contribution in [0, 0.1) is 5.82 Å². The molecule has 0 amide bonds. The summed E-state index contributed by atoms with van der Waals surface area (Å²) in [7, 11) is -18.2. The molecule has 1 rings (SSSR count). The predicted molar refractivity (Wildman–Crippen MR) is 71.3 cm³/mol. The van der Waals surface area contributed by atoms with E-state index in [1.165, 1.54) is 0 Å². The normalized spacial score (nSPS) is 14.0. The van der Waals surface area contributed by atoms with Gasteiger partial charge in [0.15, 0.2) is 20.0 Å². The van der Waals surface area contributed by atoms with Gasteiger partial charge < -0.3 is 4.55 Å². The van der Waals surface area contributed by atoms with Crippen LogP contribution in [0.5, 0.6) is 0 Å². The molecule has 0 N–H and O–H groups in total. The van der Waals surface area contributed by atoms with Crippen molar-refractivity contribution in [3.8, 4) is 0 Å². The molecule has 0 aromatic heterocycles. The molecule has 0 atom stereocenters. The molecule has 7 nitrogen and oxygen atoms in total. The summed E-state index contributed by atoms with van der Waals surface area (Å²) in [5.41, 5.74) is 0. The van der Waals surface area contributed by atoms with Crippen molar-refractivity contribution >= 4 is 41.4 Å². The third kappa shape index (κ3) is 4.19. The van der Waals surface area contributed by atoms with Gasteiger partial charge in [-0.05, 0) is 12.1 Å². The molecule has 1 aromatic rings. The third-order valence-electron chi connectivity index (χ3n) is 2.66. The molecule has 0 unspecified atom stereocenters. The summed E-state index contributed by atoms with van der Waals surface area (Å²) in [6.45, 7) is 0. The summed E-state index contributed by atoms with van der Waals surface area (Å²) < 4.78 is 144. The zero-order valence-electron chi connectivity index (χ0n) is 12.5. The van der Waals surface area contributed by atoms with Crippen LogP contribution in [0.3, 0.4) is 0 Å². The SMILES string of the molecule is CS(=O)(=O)c1cc(F)c(S(=O)(=O)C(F)(F)C(F)(F)S(=O)(=O)[O-])c(Cl)c1.[Na+]. The van der Waals surface area contributed by atoms with Crippen LogP contribution in [0.4, 0.5) is 22.0 Å². The zero-order chi connectivity index (χ0) is 20.2. The van der Waals surface area contributed by atoms with E-state index in [0.29, 0.717) is 6.26 Å². The van der Waals surface area contributed by atoms with Gasteiger partial charge >= 0.3 is 40.1 Å². The van der Waals surface area contributed by atoms with Gasteiger partial charge in [-0.15, -0.1) is 0 Å². The van der Waals surface area contributed by atoms with E-state index in [4.69, 9.17) is 11.6 Å². The van der Waals surface area contributed by atoms with Crippen LogP contribution in [0.15, 0.2) is 21.9 Å². The van der Waals surface area contributed by atoms with E-state index in [2.05, 4.69) is 0 Å². The molecule has 0 bridgehead atoms. The molecule has 0 fully saturated rings. The Kier molecular flexibility index (Phi) is 7.41. The summed E-state index contributed by atoms with van der Waals surface area (Å²) in [6.07, 6.45) is 0.513. The van der Waals surface area contributed by atoms with Gasteiger partial charge in [0.05, 0.1) is 9.92 Å². The summed E-state index contributed by atoms with van der Waals surface area (Å²) in [5.74, 6) is -2.27. The smallest absolute Gasteiger partial charge is 0.743 e. The molecule has 0 radical (unpaired) electrons. The fourth-order valence-corrected chi connectivity index (χ4v) is 4.79. The first-order valence-electron chi connectivity index (χ1n) is 5.43. The number of alkyl halides is 4. The van der Waals surface area contributed by atoms with Crippen molar-refractivity contribution in [3.63, 3.8) is 0 Å². The molecular formula is C9H5ClF5NaO7S3. The van der Waals surface area contributed by atoms with Crippen molar-refractivity contribution in [1.82, 2.24) is 0 Å². The Bertz CT molecular complexity index is 1010. The second-order valence-corrected chi connectivity index (χ2v) is 10.3. The molecule has 1 aromatic carbocycles. The van der Waals surface area contributed by atoms with Crippen LogP contribution < -0.4 is 29.6 Å². The second-order valence-electron chi connectivity index (χ2n) is 4.48. The van der Waals surface area contributed by atoms with Gasteiger partial charge in [0, 0.05) is 6.26 Å². The fraction of sp³-hybridized carbons (Fsp3) is 0.333. The van der Waals surface area contributed by atoms with Crippen molar-refractivity contribution < 1.29 is 81.3 Å². The van der Waals surface area contributed by atoms with E-state index in [0.717, 1.165) is 0 Å². The van der Waals surface area contributed by atoms with Crippen molar-refractivity contribution in [2.24, 2.45) is 0 Å². The van der Waals surface area contributed by atoms with Crippen LogP contribution in [-0.2, 0) is 29.8 Å². The van der Waals surface area contributed by atoms with E-state index in [1.54, 1.807) is 0 Å². The topological polar surface area (TPSA) is 125 Å². The van der Waals surface area contributed by atoms with E-state index in [-0.39, 0.29) is 41.7 Å². The Balaban J connectivity index is 0.00000625. The first-order valence-corrected chi connectivity index (χ1v) is 10.6. The number of rotatable bonds is 5. The molecule has 0 aliphatic heterocycles. The zero-order valence-corrected chi connectivity index (χ0v) is 17.7. The molecule has 144 valence electrons. The van der Waals surface area contributed by atoms with Gasteiger partial charge in [0.25, 0.3) is 9.84 Å². The molecule has 0 spiro atoms. The molecule has 0 saturated heterocycles. The molecule has 0 aliphatic carbocycles. The van der Waals surface area contributed by atoms with Crippen LogP contribution in [-0.4, -0.2) is 46.6 Å². The van der Waals surface area contributed by atoms with Gasteiger partial charge in [-0.25, -0.2) is 29.6 Å². The van der Waals surface area contributed by atoms with Gasteiger partial charge in [-0.3, -0.25) is 0 Å². The summed E-state index contributed by atoms with van der Waals surface area (Å²) in [4.78, 5) is -3.27. The Morgan fingerprint density at radius 1 is 0.962 bits per heavy atom. The first kappa shape index (κ1) is 26.0. The number of hydrogen-bond acceptors (Lipinski definition) is 7. The van der Waals surface area contributed by atoms with Crippen LogP contribution in [0.25, 0.3) is 0 Å². The maximum atomic E-state index is 13.8. The second kappa shape index (κ2) is 7.42. The summed E-state index contributed by atoms with van der Waals surface area (Å²) in [5, 5.41) is -14.8. The molecule has 0 heterocycles. The van der Waals surface area contributed by atoms with Gasteiger partial charge in [0.1, 0.15) is 10.7 Å². The Hall–Kier alpha value is -0.0300. The molecule has 0 saturated carbocycles. The minimum Gasteiger partial charge on any atom is -0.743 e. The van der Waals surface area contributed by atoms with Crippen molar-refractivity contribution in [1.29, 1.82) is 0 Å². The largest absolute Gasteiger partial charge is 1.00 e. The maximum absolute atomic E-state index is 13.8. The number of sulfone groups is 2. The Labute approximate surface area is 171 Å².